The molecule has 228 valence electrons. The summed E-state index contributed by atoms with van der Waals surface area (Å²) in [5, 5.41) is 14.4. The van der Waals surface area contributed by atoms with Gasteiger partial charge in [0.05, 0.1) is 44.8 Å². The number of nitriles is 1. The summed E-state index contributed by atoms with van der Waals surface area (Å²) in [6, 6.07) is 15.9. The number of benzene rings is 2. The van der Waals surface area contributed by atoms with Crippen molar-refractivity contribution in [3.05, 3.63) is 105 Å². The van der Waals surface area contributed by atoms with E-state index in [-0.39, 0.29) is 39.7 Å². The third-order valence-corrected chi connectivity index (χ3v) is 8.75. The van der Waals surface area contributed by atoms with Gasteiger partial charge in [-0.05, 0) is 68.7 Å². The number of amides is 3. The van der Waals surface area contributed by atoms with Crippen molar-refractivity contribution in [3.63, 3.8) is 0 Å². The molecule has 2 atom stereocenters. The fourth-order valence-corrected chi connectivity index (χ4v) is 6.10. The smallest absolute Gasteiger partial charge is 0.270 e. The monoisotopic (exact) mass is 645 g/mol. The first-order chi connectivity index (χ1) is 21.5. The first-order valence-electron chi connectivity index (χ1n) is 14.1. The summed E-state index contributed by atoms with van der Waals surface area (Å²) in [7, 11) is 0. The van der Waals surface area contributed by atoms with Crippen LogP contribution in [0.1, 0.15) is 54.0 Å². The van der Waals surface area contributed by atoms with E-state index in [1.807, 2.05) is 12.1 Å². The molecule has 1 saturated carbocycles. The molecule has 0 radical (unpaired) electrons. The molecule has 0 saturated heterocycles. The lowest BCUT2D eigenvalue weighted by atomic mass is 9.91. The summed E-state index contributed by atoms with van der Waals surface area (Å²) in [6.45, 7) is 3.22. The average molecular weight is 647 g/mol. The maximum atomic E-state index is 14.3. The van der Waals surface area contributed by atoms with E-state index in [1.165, 1.54) is 27.8 Å². The second-order valence-corrected chi connectivity index (χ2v) is 12.2. The molecule has 0 spiro atoms. The molecule has 13 heteroatoms. The third kappa shape index (κ3) is 5.30. The van der Waals surface area contributed by atoms with Crippen molar-refractivity contribution in [2.24, 2.45) is 0 Å². The quantitative estimate of drug-likeness (QED) is 0.255. The van der Waals surface area contributed by atoms with Gasteiger partial charge in [0.2, 0.25) is 11.9 Å². The van der Waals surface area contributed by atoms with Crippen LogP contribution in [0.5, 0.6) is 0 Å². The number of aromatic nitrogens is 3. The second-order valence-electron chi connectivity index (χ2n) is 11.4. The highest BCUT2D eigenvalue weighted by Gasteiger charge is 2.51. The molecule has 2 aromatic carbocycles. The summed E-state index contributed by atoms with van der Waals surface area (Å²) in [5.41, 5.74) is 0.138. The van der Waals surface area contributed by atoms with Crippen LogP contribution < -0.4 is 15.5 Å². The van der Waals surface area contributed by atoms with E-state index in [2.05, 4.69) is 26.7 Å². The SMILES string of the molecule is C[C@H](NC(=O)c1cnc2n1[C@](C)(Cc1ccc(C#N)cc1)C(=O)N2c1cc(Cl)c(F)c(Cl)c1)C(=O)NC1(c2ccccn2)CC1. The molecule has 3 heterocycles. The van der Waals surface area contributed by atoms with Crippen LogP contribution in [0, 0.1) is 17.1 Å². The molecular weight excluding hydrogens is 620 g/mol. The number of pyridine rings is 1. The van der Waals surface area contributed by atoms with Crippen LogP contribution in [0.3, 0.4) is 0 Å². The Labute approximate surface area is 267 Å². The molecule has 1 aliphatic carbocycles. The zero-order valence-electron chi connectivity index (χ0n) is 24.1. The van der Waals surface area contributed by atoms with Crippen LogP contribution in [0.2, 0.25) is 10.0 Å². The van der Waals surface area contributed by atoms with Crippen molar-refractivity contribution < 1.29 is 18.8 Å². The van der Waals surface area contributed by atoms with Crippen molar-refractivity contribution in [3.8, 4) is 6.07 Å². The highest BCUT2D eigenvalue weighted by Crippen LogP contribution is 2.45. The Bertz CT molecular complexity index is 1860. The molecule has 10 nitrogen and oxygen atoms in total. The number of hydrogen-bond donors (Lipinski definition) is 2. The number of rotatable bonds is 8. The average Bonchev–Trinajstić information content (AvgIpc) is 3.62. The number of nitrogens with zero attached hydrogens (tertiary/aromatic N) is 5. The fourth-order valence-electron chi connectivity index (χ4n) is 5.62. The van der Waals surface area contributed by atoms with Gasteiger partial charge < -0.3 is 10.6 Å². The lowest BCUT2D eigenvalue weighted by Crippen LogP contribution is -2.49. The largest absolute Gasteiger partial charge is 0.343 e. The molecule has 6 rings (SSSR count). The zero-order chi connectivity index (χ0) is 32.1. The van der Waals surface area contributed by atoms with Gasteiger partial charge in [-0.1, -0.05) is 41.4 Å². The summed E-state index contributed by atoms with van der Waals surface area (Å²) in [4.78, 5) is 51.2. The summed E-state index contributed by atoms with van der Waals surface area (Å²) in [5.74, 6) is -2.24. The van der Waals surface area contributed by atoms with Crippen molar-refractivity contribution in [1.29, 1.82) is 5.26 Å². The first kappa shape index (κ1) is 30.2. The highest BCUT2D eigenvalue weighted by molar-refractivity contribution is 6.35. The predicted molar refractivity (Wildman–Crippen MR) is 165 cm³/mol. The molecule has 4 aromatic rings. The van der Waals surface area contributed by atoms with Gasteiger partial charge in [-0.15, -0.1) is 0 Å². The van der Waals surface area contributed by atoms with Crippen LogP contribution in [0.4, 0.5) is 16.0 Å². The van der Waals surface area contributed by atoms with Gasteiger partial charge in [-0.25, -0.2) is 14.3 Å². The molecule has 45 heavy (non-hydrogen) atoms. The minimum absolute atomic E-state index is 0.0295. The number of fused-ring (bicyclic) bond motifs is 1. The van der Waals surface area contributed by atoms with Crippen molar-refractivity contribution in [2.75, 3.05) is 4.90 Å². The van der Waals surface area contributed by atoms with Crippen LogP contribution >= 0.6 is 23.2 Å². The standard InChI is InChI=1S/C32H26Cl2FN7O3/c1-18(27(43)40-32(10-11-32)25-5-3-4-12-37-25)39-28(44)24-17-38-30-41(21-13-22(33)26(35)23(34)14-21)29(45)31(2,42(24)30)15-19-6-8-20(16-36)9-7-19/h3-9,12-14,17-18H,10-11,15H2,1-2H3,(H,39,44)(H,40,43)/t18-,31+/m0/s1. The maximum absolute atomic E-state index is 14.3. The number of nitrogens with one attached hydrogen (secondary N) is 2. The lowest BCUT2D eigenvalue weighted by molar-refractivity contribution is -0.124. The molecule has 1 fully saturated rings. The molecule has 1 aliphatic heterocycles. The highest BCUT2D eigenvalue weighted by atomic mass is 35.5. The van der Waals surface area contributed by atoms with E-state index in [0.717, 1.165) is 18.5 Å². The number of carbonyl (C=O) groups is 3. The number of imidazole rings is 1. The predicted octanol–water partition coefficient (Wildman–Crippen LogP) is 5.16. The van der Waals surface area contributed by atoms with E-state index in [4.69, 9.17) is 23.2 Å². The van der Waals surface area contributed by atoms with Gasteiger partial charge in [0.1, 0.15) is 17.3 Å². The van der Waals surface area contributed by atoms with E-state index < -0.39 is 34.8 Å². The Morgan fingerprint density at radius 3 is 2.40 bits per heavy atom. The van der Waals surface area contributed by atoms with Crippen LogP contribution in [0.25, 0.3) is 0 Å². The van der Waals surface area contributed by atoms with Crippen LogP contribution in [0.15, 0.2) is 67.0 Å². The van der Waals surface area contributed by atoms with Crippen molar-refractivity contribution in [2.45, 2.75) is 50.2 Å². The van der Waals surface area contributed by atoms with Gasteiger partial charge in [0.25, 0.3) is 11.8 Å². The van der Waals surface area contributed by atoms with E-state index in [9.17, 15) is 24.0 Å². The lowest BCUT2D eigenvalue weighted by Gasteiger charge is -2.27. The Hall–Kier alpha value is -4.79. The molecule has 0 unspecified atom stereocenters. The molecular formula is C32H26Cl2FN7O3. The van der Waals surface area contributed by atoms with Gasteiger partial charge in [0.15, 0.2) is 5.82 Å². The second kappa shape index (κ2) is 11.3. The summed E-state index contributed by atoms with van der Waals surface area (Å²) < 4.78 is 15.8. The van der Waals surface area contributed by atoms with Crippen molar-refractivity contribution >= 4 is 52.6 Å². The first-order valence-corrected chi connectivity index (χ1v) is 14.8. The Morgan fingerprint density at radius 1 is 1.11 bits per heavy atom. The molecule has 2 aromatic heterocycles. The number of carbonyl (C=O) groups excluding carboxylic acids is 3. The molecule has 0 bridgehead atoms. The number of hydrogen-bond acceptors (Lipinski definition) is 6. The fraction of sp³-hybridized carbons (Fsp3) is 0.250. The molecule has 2 aliphatic rings. The van der Waals surface area contributed by atoms with E-state index in [1.54, 1.807) is 50.4 Å². The van der Waals surface area contributed by atoms with Crippen molar-refractivity contribution in [1.82, 2.24) is 25.2 Å². The minimum Gasteiger partial charge on any atom is -0.343 e. The number of anilines is 2. The van der Waals surface area contributed by atoms with Gasteiger partial charge >= 0.3 is 0 Å². The summed E-state index contributed by atoms with van der Waals surface area (Å²) >= 11 is 12.2. The zero-order valence-corrected chi connectivity index (χ0v) is 25.7. The van der Waals surface area contributed by atoms with Crippen LogP contribution in [-0.4, -0.2) is 38.3 Å². The number of halogens is 3. The van der Waals surface area contributed by atoms with Gasteiger partial charge in [0, 0.05) is 12.6 Å². The van der Waals surface area contributed by atoms with Gasteiger partial charge in [-0.3, -0.25) is 23.9 Å². The van der Waals surface area contributed by atoms with Gasteiger partial charge in [-0.2, -0.15) is 5.26 Å². The Kier molecular flexibility index (Phi) is 7.59. The summed E-state index contributed by atoms with van der Waals surface area (Å²) in [6.07, 6.45) is 4.56. The topological polar surface area (TPSA) is 133 Å². The maximum Gasteiger partial charge on any atom is 0.270 e. The minimum atomic E-state index is -1.40. The Balaban J connectivity index is 1.33. The Morgan fingerprint density at radius 2 is 1.80 bits per heavy atom. The normalized spacial score (nSPS) is 18.6. The van der Waals surface area contributed by atoms with Crippen LogP contribution in [-0.2, 0) is 27.1 Å². The third-order valence-electron chi connectivity index (χ3n) is 8.20. The molecule has 3 amide bonds. The van der Waals surface area contributed by atoms with E-state index in [0.29, 0.717) is 11.1 Å². The molecule has 2 N–H and O–H groups in total. The van der Waals surface area contributed by atoms with E-state index >= 15 is 0 Å².